The summed E-state index contributed by atoms with van der Waals surface area (Å²) >= 11 is 0. The minimum Gasteiger partial charge on any atom is -0.493 e. The summed E-state index contributed by atoms with van der Waals surface area (Å²) in [6.07, 6.45) is 0.735. The Labute approximate surface area is 149 Å². The van der Waals surface area contributed by atoms with Gasteiger partial charge in [-0.1, -0.05) is 6.07 Å². The first-order chi connectivity index (χ1) is 12.2. The molecule has 2 amide bonds. The van der Waals surface area contributed by atoms with Gasteiger partial charge in [-0.05, 0) is 31.0 Å². The number of nitrogens with one attached hydrogen (secondary N) is 1. The van der Waals surface area contributed by atoms with Crippen molar-refractivity contribution >= 4 is 6.03 Å². The van der Waals surface area contributed by atoms with Crippen molar-refractivity contribution in [3.8, 4) is 11.5 Å². The lowest BCUT2D eigenvalue weighted by Gasteiger charge is -2.34. The molecule has 1 aromatic carbocycles. The Bertz CT molecular complexity index is 545. The average Bonchev–Trinajstić information content (AvgIpc) is 2.63. The number of hydrogen-bond donors (Lipinski definition) is 2. The highest BCUT2D eigenvalue weighted by atomic mass is 16.5. The van der Waals surface area contributed by atoms with Crippen molar-refractivity contribution < 1.29 is 19.4 Å². The number of carbonyl (C=O) groups excluding carboxylic acids is 1. The van der Waals surface area contributed by atoms with Gasteiger partial charge in [-0.2, -0.15) is 0 Å². The van der Waals surface area contributed by atoms with Crippen LogP contribution in [0.15, 0.2) is 18.2 Å². The lowest BCUT2D eigenvalue weighted by atomic mass is 10.1. The molecule has 0 radical (unpaired) electrons. The van der Waals surface area contributed by atoms with E-state index in [2.05, 4.69) is 10.2 Å². The molecule has 25 heavy (non-hydrogen) atoms. The lowest BCUT2D eigenvalue weighted by molar-refractivity contribution is 0.122. The van der Waals surface area contributed by atoms with E-state index in [9.17, 15) is 4.79 Å². The van der Waals surface area contributed by atoms with Crippen molar-refractivity contribution in [1.29, 1.82) is 0 Å². The molecule has 0 aromatic heterocycles. The number of β-amino-alcohol motifs (C(OH)–C–C–N with tert-alkyl or cyclic N) is 1. The number of hydrogen-bond acceptors (Lipinski definition) is 5. The normalized spacial score (nSPS) is 15.1. The van der Waals surface area contributed by atoms with Crippen LogP contribution in [-0.2, 0) is 6.42 Å². The number of urea groups is 1. The number of rotatable bonds is 8. The molecule has 7 nitrogen and oxygen atoms in total. The van der Waals surface area contributed by atoms with Crippen molar-refractivity contribution in [1.82, 2.24) is 15.1 Å². The number of amides is 2. The third-order valence-electron chi connectivity index (χ3n) is 4.29. The van der Waals surface area contributed by atoms with Crippen LogP contribution in [0.3, 0.4) is 0 Å². The molecule has 2 rings (SSSR count). The van der Waals surface area contributed by atoms with E-state index in [0.717, 1.165) is 30.8 Å². The van der Waals surface area contributed by atoms with Crippen LogP contribution in [-0.4, -0.2) is 80.5 Å². The number of aliphatic hydroxyl groups excluding tert-OH is 1. The fraction of sp³-hybridized carbons (Fsp3) is 0.611. The Balaban J connectivity index is 1.76. The third-order valence-corrected chi connectivity index (χ3v) is 4.29. The Morgan fingerprint density at radius 3 is 2.64 bits per heavy atom. The van der Waals surface area contributed by atoms with Gasteiger partial charge in [-0.3, -0.25) is 4.90 Å². The Morgan fingerprint density at radius 1 is 1.24 bits per heavy atom. The summed E-state index contributed by atoms with van der Waals surface area (Å²) in [7, 11) is 1.62. The predicted molar refractivity (Wildman–Crippen MR) is 96.4 cm³/mol. The summed E-state index contributed by atoms with van der Waals surface area (Å²) in [5, 5.41) is 11.9. The highest BCUT2D eigenvalue weighted by molar-refractivity contribution is 5.74. The summed E-state index contributed by atoms with van der Waals surface area (Å²) in [6.45, 7) is 6.96. The van der Waals surface area contributed by atoms with E-state index in [0.29, 0.717) is 38.5 Å². The fourth-order valence-corrected chi connectivity index (χ4v) is 2.88. The topological polar surface area (TPSA) is 74.3 Å². The molecule has 1 aliphatic rings. The van der Waals surface area contributed by atoms with Crippen molar-refractivity contribution in [3.05, 3.63) is 23.8 Å². The number of ether oxygens (including phenoxy) is 2. The molecule has 0 atom stereocenters. The zero-order valence-corrected chi connectivity index (χ0v) is 15.2. The molecule has 0 unspecified atom stereocenters. The molecule has 0 spiro atoms. The van der Waals surface area contributed by atoms with Gasteiger partial charge >= 0.3 is 6.03 Å². The zero-order chi connectivity index (χ0) is 18.1. The van der Waals surface area contributed by atoms with Crippen LogP contribution in [0.2, 0.25) is 0 Å². The zero-order valence-electron chi connectivity index (χ0n) is 15.2. The molecule has 1 fully saturated rings. The van der Waals surface area contributed by atoms with Gasteiger partial charge in [0.15, 0.2) is 11.5 Å². The van der Waals surface area contributed by atoms with Gasteiger partial charge in [-0.15, -0.1) is 0 Å². The van der Waals surface area contributed by atoms with E-state index >= 15 is 0 Å². The van der Waals surface area contributed by atoms with Gasteiger partial charge in [0.1, 0.15) is 0 Å². The number of benzene rings is 1. The van der Waals surface area contributed by atoms with Crippen molar-refractivity contribution in [3.63, 3.8) is 0 Å². The summed E-state index contributed by atoms with van der Waals surface area (Å²) < 4.78 is 10.9. The van der Waals surface area contributed by atoms with Gasteiger partial charge in [0.25, 0.3) is 0 Å². The molecular formula is C18H29N3O4. The van der Waals surface area contributed by atoms with Crippen molar-refractivity contribution in [2.24, 2.45) is 0 Å². The molecule has 1 aromatic rings. The molecule has 2 N–H and O–H groups in total. The van der Waals surface area contributed by atoms with E-state index in [4.69, 9.17) is 14.6 Å². The second-order valence-electron chi connectivity index (χ2n) is 5.95. The highest BCUT2D eigenvalue weighted by Crippen LogP contribution is 2.28. The van der Waals surface area contributed by atoms with E-state index in [1.807, 2.05) is 30.0 Å². The molecule has 140 valence electrons. The Hall–Kier alpha value is -1.99. The first-order valence-corrected chi connectivity index (χ1v) is 8.83. The molecule has 0 saturated carbocycles. The number of methoxy groups -OCH3 is 1. The Morgan fingerprint density at radius 2 is 2.00 bits per heavy atom. The predicted octanol–water partition coefficient (Wildman–Crippen LogP) is 0.956. The monoisotopic (exact) mass is 351 g/mol. The molecule has 7 heteroatoms. The van der Waals surface area contributed by atoms with Crippen LogP contribution >= 0.6 is 0 Å². The summed E-state index contributed by atoms with van der Waals surface area (Å²) in [6, 6.07) is 5.82. The summed E-state index contributed by atoms with van der Waals surface area (Å²) in [4.78, 5) is 16.2. The van der Waals surface area contributed by atoms with Crippen LogP contribution in [0.25, 0.3) is 0 Å². The van der Waals surface area contributed by atoms with Gasteiger partial charge in [0.2, 0.25) is 0 Å². The van der Waals surface area contributed by atoms with Gasteiger partial charge in [-0.25, -0.2) is 4.79 Å². The maximum atomic E-state index is 12.2. The van der Waals surface area contributed by atoms with E-state index in [1.165, 1.54) is 0 Å². The molecule has 1 saturated heterocycles. The maximum Gasteiger partial charge on any atom is 0.317 e. The Kier molecular flexibility index (Phi) is 7.81. The third kappa shape index (κ3) is 5.79. The largest absolute Gasteiger partial charge is 0.493 e. The van der Waals surface area contributed by atoms with E-state index in [-0.39, 0.29) is 12.6 Å². The van der Waals surface area contributed by atoms with Crippen LogP contribution in [0.4, 0.5) is 4.79 Å². The minimum absolute atomic E-state index is 0.0263. The quantitative estimate of drug-likeness (QED) is 0.730. The minimum atomic E-state index is -0.0263. The lowest BCUT2D eigenvalue weighted by Crippen LogP contribution is -2.52. The second-order valence-corrected chi connectivity index (χ2v) is 5.95. The number of aliphatic hydroxyl groups is 1. The van der Waals surface area contributed by atoms with Crippen LogP contribution in [0, 0.1) is 0 Å². The number of carbonyl (C=O) groups is 1. The smallest absolute Gasteiger partial charge is 0.317 e. The molecule has 0 aliphatic carbocycles. The van der Waals surface area contributed by atoms with Crippen LogP contribution in [0.5, 0.6) is 11.5 Å². The van der Waals surface area contributed by atoms with Crippen LogP contribution in [0.1, 0.15) is 12.5 Å². The van der Waals surface area contributed by atoms with Gasteiger partial charge < -0.3 is 24.8 Å². The average molecular weight is 351 g/mol. The summed E-state index contributed by atoms with van der Waals surface area (Å²) in [5.41, 5.74) is 1.09. The van der Waals surface area contributed by atoms with Crippen LogP contribution < -0.4 is 14.8 Å². The highest BCUT2D eigenvalue weighted by Gasteiger charge is 2.20. The molecule has 1 heterocycles. The number of nitrogens with zero attached hydrogens (tertiary/aromatic N) is 2. The molecule has 0 bridgehead atoms. The number of piperazine rings is 1. The summed E-state index contributed by atoms with van der Waals surface area (Å²) in [5.74, 6) is 1.45. The maximum absolute atomic E-state index is 12.2. The molecule has 1 aliphatic heterocycles. The van der Waals surface area contributed by atoms with Crippen molar-refractivity contribution in [2.45, 2.75) is 13.3 Å². The molecular weight excluding hydrogens is 322 g/mol. The SMILES string of the molecule is CCOc1ccc(CCNC(=O)N2CCN(CCO)CC2)cc1OC. The van der Waals surface area contributed by atoms with Crippen molar-refractivity contribution in [2.75, 3.05) is 59.6 Å². The first kappa shape index (κ1) is 19.3. The van der Waals surface area contributed by atoms with Gasteiger partial charge in [0, 0.05) is 39.3 Å². The van der Waals surface area contributed by atoms with E-state index < -0.39 is 0 Å². The second kappa shape index (κ2) is 10.1. The van der Waals surface area contributed by atoms with Gasteiger partial charge in [0.05, 0.1) is 20.3 Å². The fourth-order valence-electron chi connectivity index (χ4n) is 2.88. The first-order valence-electron chi connectivity index (χ1n) is 8.83. The van der Waals surface area contributed by atoms with E-state index in [1.54, 1.807) is 7.11 Å². The standard InChI is InChI=1S/C18H29N3O4/c1-3-25-16-5-4-15(14-17(16)24-2)6-7-19-18(23)21-10-8-20(9-11-21)12-13-22/h4-5,14,22H,3,6-13H2,1-2H3,(H,19,23).